The van der Waals surface area contributed by atoms with Crippen molar-refractivity contribution in [1.82, 2.24) is 0 Å². The van der Waals surface area contributed by atoms with Crippen LogP contribution in [0.2, 0.25) is 0 Å². The van der Waals surface area contributed by atoms with Gasteiger partial charge in [-0.05, 0) is 29.3 Å². The SMILES string of the molecule is Cc1c(C(=O)O)sc(NC(=O)c2c(O)ccc3ccccc23)c1C#N. The molecule has 124 valence electrons. The Morgan fingerprint density at radius 2 is 1.92 bits per heavy atom. The van der Waals surface area contributed by atoms with Crippen LogP contribution in [-0.4, -0.2) is 22.1 Å². The van der Waals surface area contributed by atoms with Gasteiger partial charge in [-0.25, -0.2) is 4.79 Å². The van der Waals surface area contributed by atoms with E-state index in [-0.39, 0.29) is 26.8 Å². The molecule has 1 aromatic heterocycles. The third-order valence-electron chi connectivity index (χ3n) is 3.81. The predicted molar refractivity (Wildman–Crippen MR) is 94.3 cm³/mol. The van der Waals surface area contributed by atoms with Gasteiger partial charge >= 0.3 is 5.97 Å². The van der Waals surface area contributed by atoms with Gasteiger partial charge in [0.05, 0.1) is 11.1 Å². The summed E-state index contributed by atoms with van der Waals surface area (Å²) >= 11 is 0.817. The lowest BCUT2D eigenvalue weighted by molar-refractivity contribution is 0.0701. The molecular formula is C18H12N2O4S. The average molecular weight is 352 g/mol. The number of carbonyl (C=O) groups excluding carboxylic acids is 1. The lowest BCUT2D eigenvalue weighted by Crippen LogP contribution is -2.12. The number of fused-ring (bicyclic) bond motifs is 1. The normalized spacial score (nSPS) is 10.4. The van der Waals surface area contributed by atoms with Gasteiger partial charge in [0.15, 0.2) is 0 Å². The molecule has 3 N–H and O–H groups in total. The van der Waals surface area contributed by atoms with Crippen molar-refractivity contribution in [2.24, 2.45) is 0 Å². The van der Waals surface area contributed by atoms with Crippen molar-refractivity contribution in [3.8, 4) is 11.8 Å². The minimum Gasteiger partial charge on any atom is -0.507 e. The molecule has 0 saturated heterocycles. The molecule has 0 atom stereocenters. The molecule has 25 heavy (non-hydrogen) atoms. The van der Waals surface area contributed by atoms with Gasteiger partial charge in [0.1, 0.15) is 21.7 Å². The van der Waals surface area contributed by atoms with E-state index in [1.54, 1.807) is 18.2 Å². The maximum Gasteiger partial charge on any atom is 0.346 e. The standard InChI is InChI=1S/C18H12N2O4S/c1-9-12(8-19)17(25-15(9)18(23)24)20-16(22)14-11-5-3-2-4-10(11)6-7-13(14)21/h2-7,21H,1H3,(H,20,22)(H,23,24). The molecule has 0 bridgehead atoms. The minimum absolute atomic E-state index is 0.00556. The van der Waals surface area contributed by atoms with E-state index in [1.807, 2.05) is 18.2 Å². The topological polar surface area (TPSA) is 110 Å². The number of hydrogen-bond acceptors (Lipinski definition) is 5. The molecule has 1 amide bonds. The van der Waals surface area contributed by atoms with Crippen LogP contribution in [-0.2, 0) is 0 Å². The molecular weight excluding hydrogens is 340 g/mol. The van der Waals surface area contributed by atoms with Crippen LogP contribution < -0.4 is 5.32 Å². The maximum atomic E-state index is 12.7. The second kappa shape index (κ2) is 6.26. The molecule has 0 spiro atoms. The number of thiophene rings is 1. The summed E-state index contributed by atoms with van der Waals surface area (Å²) in [7, 11) is 0. The molecule has 0 aliphatic rings. The number of carboxylic acid groups (broad SMARTS) is 1. The van der Waals surface area contributed by atoms with E-state index in [1.165, 1.54) is 13.0 Å². The highest BCUT2D eigenvalue weighted by atomic mass is 32.1. The number of phenolic OH excluding ortho intramolecular Hbond substituents is 1. The lowest BCUT2D eigenvalue weighted by Gasteiger charge is -2.09. The fourth-order valence-electron chi connectivity index (χ4n) is 2.60. The van der Waals surface area contributed by atoms with Crippen LogP contribution in [0.25, 0.3) is 10.8 Å². The van der Waals surface area contributed by atoms with Gasteiger partial charge in [-0.2, -0.15) is 5.26 Å². The van der Waals surface area contributed by atoms with Gasteiger partial charge in [-0.15, -0.1) is 11.3 Å². The molecule has 0 unspecified atom stereocenters. The number of aromatic carboxylic acids is 1. The fourth-order valence-corrected chi connectivity index (χ4v) is 3.60. The van der Waals surface area contributed by atoms with Gasteiger partial charge in [0.2, 0.25) is 0 Å². The molecule has 7 heteroatoms. The summed E-state index contributed by atoms with van der Waals surface area (Å²) in [5.41, 5.74) is 0.484. The highest BCUT2D eigenvalue weighted by Gasteiger charge is 2.23. The monoisotopic (exact) mass is 352 g/mol. The summed E-state index contributed by atoms with van der Waals surface area (Å²) in [6.45, 7) is 1.52. The zero-order valence-corrected chi connectivity index (χ0v) is 13.8. The van der Waals surface area contributed by atoms with Gasteiger partial charge in [0, 0.05) is 0 Å². The molecule has 0 saturated carbocycles. The second-order valence-electron chi connectivity index (χ2n) is 5.31. The third-order valence-corrected chi connectivity index (χ3v) is 5.01. The van der Waals surface area contributed by atoms with E-state index in [0.29, 0.717) is 10.9 Å². The summed E-state index contributed by atoms with van der Waals surface area (Å²) in [6, 6.07) is 12.1. The van der Waals surface area contributed by atoms with E-state index in [9.17, 15) is 25.1 Å². The number of hydrogen-bond donors (Lipinski definition) is 3. The van der Waals surface area contributed by atoms with Crippen molar-refractivity contribution in [1.29, 1.82) is 5.26 Å². The minimum atomic E-state index is -1.16. The molecule has 0 aliphatic carbocycles. The highest BCUT2D eigenvalue weighted by Crippen LogP contribution is 2.34. The number of anilines is 1. The Morgan fingerprint density at radius 1 is 1.20 bits per heavy atom. The lowest BCUT2D eigenvalue weighted by atomic mass is 10.0. The van der Waals surface area contributed by atoms with Crippen molar-refractivity contribution in [3.05, 3.63) is 58.0 Å². The Hall–Kier alpha value is -3.37. The zero-order valence-electron chi connectivity index (χ0n) is 13.0. The maximum absolute atomic E-state index is 12.7. The summed E-state index contributed by atoms with van der Waals surface area (Å²) in [4.78, 5) is 23.9. The van der Waals surface area contributed by atoms with Gasteiger partial charge < -0.3 is 15.5 Å². The first-order valence-electron chi connectivity index (χ1n) is 7.23. The van der Waals surface area contributed by atoms with Crippen LogP contribution in [0.15, 0.2) is 36.4 Å². The Morgan fingerprint density at radius 3 is 2.60 bits per heavy atom. The Balaban J connectivity index is 2.08. The van der Waals surface area contributed by atoms with Gasteiger partial charge in [-0.3, -0.25) is 4.79 Å². The number of carbonyl (C=O) groups is 2. The Kier molecular flexibility index (Phi) is 4.13. The number of nitriles is 1. The first-order valence-corrected chi connectivity index (χ1v) is 8.04. The smallest absolute Gasteiger partial charge is 0.346 e. The van der Waals surface area contributed by atoms with E-state index in [2.05, 4.69) is 5.32 Å². The van der Waals surface area contributed by atoms with Crippen molar-refractivity contribution >= 4 is 39.0 Å². The van der Waals surface area contributed by atoms with Crippen LogP contribution in [0.5, 0.6) is 5.75 Å². The summed E-state index contributed by atoms with van der Waals surface area (Å²) < 4.78 is 0. The van der Waals surface area contributed by atoms with Crippen LogP contribution in [0.3, 0.4) is 0 Å². The van der Waals surface area contributed by atoms with Gasteiger partial charge in [-0.1, -0.05) is 30.3 Å². The van der Waals surface area contributed by atoms with Crippen LogP contribution >= 0.6 is 11.3 Å². The van der Waals surface area contributed by atoms with E-state index in [4.69, 9.17) is 0 Å². The molecule has 2 aromatic carbocycles. The molecule has 0 radical (unpaired) electrons. The van der Waals surface area contributed by atoms with E-state index >= 15 is 0 Å². The summed E-state index contributed by atoms with van der Waals surface area (Å²) in [6.07, 6.45) is 0. The number of phenols is 1. The second-order valence-corrected chi connectivity index (χ2v) is 6.33. The first kappa shape index (κ1) is 16.5. The van der Waals surface area contributed by atoms with Crippen LogP contribution in [0.1, 0.15) is 31.2 Å². The Labute approximate surface area is 146 Å². The largest absolute Gasteiger partial charge is 0.507 e. The van der Waals surface area contributed by atoms with Crippen molar-refractivity contribution < 1.29 is 19.8 Å². The summed E-state index contributed by atoms with van der Waals surface area (Å²) in [5, 5.41) is 32.6. The molecule has 6 nitrogen and oxygen atoms in total. The molecule has 0 fully saturated rings. The zero-order chi connectivity index (χ0) is 18.1. The summed E-state index contributed by atoms with van der Waals surface area (Å²) in [5.74, 6) is -1.96. The van der Waals surface area contributed by atoms with Crippen molar-refractivity contribution in [2.75, 3.05) is 5.32 Å². The molecule has 3 rings (SSSR count). The average Bonchev–Trinajstić information content (AvgIpc) is 2.90. The number of amides is 1. The molecule has 3 aromatic rings. The number of rotatable bonds is 3. The fraction of sp³-hybridized carbons (Fsp3) is 0.0556. The van der Waals surface area contributed by atoms with E-state index < -0.39 is 11.9 Å². The van der Waals surface area contributed by atoms with Crippen molar-refractivity contribution in [2.45, 2.75) is 6.92 Å². The third kappa shape index (κ3) is 2.79. The first-order chi connectivity index (χ1) is 11.9. The quantitative estimate of drug-likeness (QED) is 0.665. The number of nitrogens with one attached hydrogen (secondary N) is 1. The van der Waals surface area contributed by atoms with E-state index in [0.717, 1.165) is 16.7 Å². The van der Waals surface area contributed by atoms with Crippen molar-refractivity contribution in [3.63, 3.8) is 0 Å². The molecule has 1 heterocycles. The number of benzene rings is 2. The van der Waals surface area contributed by atoms with Crippen LogP contribution in [0.4, 0.5) is 5.00 Å². The van der Waals surface area contributed by atoms with Crippen LogP contribution in [0, 0.1) is 18.3 Å². The number of aromatic hydroxyl groups is 1. The molecule has 0 aliphatic heterocycles. The highest BCUT2D eigenvalue weighted by molar-refractivity contribution is 7.18. The van der Waals surface area contributed by atoms with Gasteiger partial charge in [0.25, 0.3) is 5.91 Å². The number of carboxylic acids is 1. The number of nitrogens with zero attached hydrogens (tertiary/aromatic N) is 1. The predicted octanol–water partition coefficient (Wildman–Crippen LogP) is 3.74. The Bertz CT molecular complexity index is 1060.